The molecule has 2 unspecified atom stereocenters. The lowest BCUT2D eigenvalue weighted by molar-refractivity contribution is -0.0544. The fraction of sp³-hybridized carbons (Fsp3) is 0.409. The van der Waals surface area contributed by atoms with Crippen molar-refractivity contribution in [3.63, 3.8) is 0 Å². The van der Waals surface area contributed by atoms with Gasteiger partial charge in [0.05, 0.1) is 11.2 Å². The van der Waals surface area contributed by atoms with Gasteiger partial charge in [-0.1, -0.05) is 18.2 Å². The zero-order chi connectivity index (χ0) is 19.9. The number of benzene rings is 2. The molecule has 0 radical (unpaired) electrons. The predicted octanol–water partition coefficient (Wildman–Crippen LogP) is 3.76. The molecular formula is C22H23F2NO3. The highest BCUT2D eigenvalue weighted by atomic mass is 19.1. The molecule has 2 saturated heterocycles. The van der Waals surface area contributed by atoms with E-state index in [2.05, 4.69) is 4.90 Å². The summed E-state index contributed by atoms with van der Waals surface area (Å²) in [6.07, 6.45) is 3.24. The Balaban J connectivity index is 1.45. The van der Waals surface area contributed by atoms with Crippen LogP contribution in [0.3, 0.4) is 0 Å². The smallest absolute Gasteiger partial charge is 0.335 e. The van der Waals surface area contributed by atoms with Crippen LogP contribution >= 0.6 is 0 Å². The van der Waals surface area contributed by atoms with Crippen LogP contribution in [0.5, 0.6) is 0 Å². The lowest BCUT2D eigenvalue weighted by Gasteiger charge is -2.44. The lowest BCUT2D eigenvalue weighted by Crippen LogP contribution is -2.51. The van der Waals surface area contributed by atoms with Gasteiger partial charge >= 0.3 is 5.97 Å². The first-order valence-electron chi connectivity index (χ1n) is 9.57. The maximum atomic E-state index is 14.0. The summed E-state index contributed by atoms with van der Waals surface area (Å²) in [5.41, 5.74) is 0.660. The van der Waals surface area contributed by atoms with Gasteiger partial charge in [0.15, 0.2) is 0 Å². The number of aromatic carboxylic acids is 1. The van der Waals surface area contributed by atoms with Crippen LogP contribution in [0.25, 0.3) is 0 Å². The first-order valence-corrected chi connectivity index (χ1v) is 9.57. The number of aliphatic hydroxyl groups is 1. The summed E-state index contributed by atoms with van der Waals surface area (Å²) in [6.45, 7) is 0.705. The summed E-state index contributed by atoms with van der Waals surface area (Å²) in [5, 5.41) is 20.1. The highest BCUT2D eigenvalue weighted by Gasteiger charge is 2.47. The average molecular weight is 387 g/mol. The minimum absolute atomic E-state index is 0.188. The van der Waals surface area contributed by atoms with Crippen LogP contribution in [-0.2, 0) is 13.0 Å². The van der Waals surface area contributed by atoms with E-state index in [1.807, 2.05) is 12.1 Å². The Morgan fingerprint density at radius 3 is 2.29 bits per heavy atom. The fourth-order valence-corrected chi connectivity index (χ4v) is 4.80. The van der Waals surface area contributed by atoms with Gasteiger partial charge in [0.25, 0.3) is 0 Å². The molecule has 4 rings (SSSR count). The van der Waals surface area contributed by atoms with Gasteiger partial charge in [-0.3, -0.25) is 4.90 Å². The molecule has 2 bridgehead atoms. The van der Waals surface area contributed by atoms with Crippen LogP contribution in [0, 0.1) is 11.6 Å². The molecule has 6 heteroatoms. The zero-order valence-electron chi connectivity index (χ0n) is 15.4. The van der Waals surface area contributed by atoms with Gasteiger partial charge in [-0.2, -0.15) is 0 Å². The van der Waals surface area contributed by atoms with E-state index >= 15 is 0 Å². The molecule has 0 aromatic heterocycles. The van der Waals surface area contributed by atoms with Crippen molar-refractivity contribution in [2.75, 3.05) is 0 Å². The van der Waals surface area contributed by atoms with Gasteiger partial charge in [0.2, 0.25) is 0 Å². The molecule has 2 heterocycles. The quantitative estimate of drug-likeness (QED) is 0.820. The maximum Gasteiger partial charge on any atom is 0.335 e. The molecule has 2 atom stereocenters. The van der Waals surface area contributed by atoms with E-state index < -0.39 is 23.2 Å². The van der Waals surface area contributed by atoms with Gasteiger partial charge < -0.3 is 10.2 Å². The average Bonchev–Trinajstić information content (AvgIpc) is 2.89. The Hall–Kier alpha value is -2.31. The van der Waals surface area contributed by atoms with Gasteiger partial charge in [-0.05, 0) is 55.0 Å². The van der Waals surface area contributed by atoms with Crippen molar-refractivity contribution in [2.24, 2.45) is 0 Å². The Kier molecular flexibility index (Phi) is 4.93. The Bertz CT molecular complexity index is 870. The van der Waals surface area contributed by atoms with Crippen molar-refractivity contribution in [3.8, 4) is 0 Å². The van der Waals surface area contributed by atoms with Gasteiger partial charge in [-0.25, -0.2) is 13.6 Å². The van der Waals surface area contributed by atoms with Crippen LogP contribution in [0.15, 0.2) is 42.5 Å². The van der Waals surface area contributed by atoms with Crippen molar-refractivity contribution in [1.82, 2.24) is 4.90 Å². The largest absolute Gasteiger partial charge is 0.478 e. The monoisotopic (exact) mass is 387 g/mol. The van der Waals surface area contributed by atoms with Crippen molar-refractivity contribution in [2.45, 2.75) is 56.3 Å². The molecule has 2 fully saturated rings. The molecule has 2 N–H and O–H groups in total. The summed E-state index contributed by atoms with van der Waals surface area (Å²) in [7, 11) is 0. The minimum atomic E-state index is -0.992. The number of halogens is 2. The number of hydrogen-bond donors (Lipinski definition) is 2. The van der Waals surface area contributed by atoms with Crippen molar-refractivity contribution < 1.29 is 23.8 Å². The second-order valence-corrected chi connectivity index (χ2v) is 8.10. The van der Waals surface area contributed by atoms with E-state index in [4.69, 9.17) is 5.11 Å². The summed E-state index contributed by atoms with van der Waals surface area (Å²) >= 11 is 0. The van der Waals surface area contributed by atoms with E-state index in [0.29, 0.717) is 24.9 Å². The molecule has 28 heavy (non-hydrogen) atoms. The third-order valence-corrected chi connectivity index (χ3v) is 6.10. The summed E-state index contributed by atoms with van der Waals surface area (Å²) < 4.78 is 27.2. The Morgan fingerprint density at radius 2 is 1.71 bits per heavy atom. The van der Waals surface area contributed by atoms with Crippen LogP contribution < -0.4 is 0 Å². The molecule has 148 valence electrons. The van der Waals surface area contributed by atoms with Crippen molar-refractivity contribution in [1.29, 1.82) is 0 Å². The van der Waals surface area contributed by atoms with E-state index in [1.54, 1.807) is 12.1 Å². The highest BCUT2D eigenvalue weighted by molar-refractivity contribution is 5.87. The van der Waals surface area contributed by atoms with E-state index in [-0.39, 0.29) is 24.1 Å². The van der Waals surface area contributed by atoms with Gasteiger partial charge in [-0.15, -0.1) is 0 Å². The number of piperidine rings is 1. The molecule has 2 aromatic rings. The number of hydrogen-bond acceptors (Lipinski definition) is 3. The third-order valence-electron chi connectivity index (χ3n) is 6.10. The van der Waals surface area contributed by atoms with E-state index in [9.17, 15) is 18.7 Å². The van der Waals surface area contributed by atoms with Crippen LogP contribution in [0.1, 0.15) is 47.2 Å². The van der Waals surface area contributed by atoms with Crippen LogP contribution in [0.4, 0.5) is 8.78 Å². The predicted molar refractivity (Wildman–Crippen MR) is 100 cm³/mol. The number of carboxylic acids is 1. The molecule has 0 spiro atoms. The second kappa shape index (κ2) is 7.26. The van der Waals surface area contributed by atoms with Crippen molar-refractivity contribution >= 4 is 5.97 Å². The van der Waals surface area contributed by atoms with E-state index in [0.717, 1.165) is 24.5 Å². The highest BCUT2D eigenvalue weighted by Crippen LogP contribution is 2.43. The third kappa shape index (κ3) is 3.80. The minimum Gasteiger partial charge on any atom is -0.478 e. The summed E-state index contributed by atoms with van der Waals surface area (Å²) in [6, 6.07) is 10.8. The SMILES string of the molecule is O=C(O)c1ccc(CN2C3CCC2CC(O)(Cc2ccc(F)cc2F)C3)cc1. The van der Waals surface area contributed by atoms with Crippen molar-refractivity contribution in [3.05, 3.63) is 70.8 Å². The normalized spacial score (nSPS) is 27.1. The summed E-state index contributed by atoms with van der Waals surface area (Å²) in [5.74, 6) is -2.17. The standard InChI is InChI=1S/C22H23F2NO3/c23-17-6-5-16(20(24)9-17)10-22(28)11-18-7-8-19(12-22)25(18)13-14-1-3-15(4-2-14)21(26)27/h1-6,9,18-19,28H,7-8,10-13H2,(H,26,27). The van der Waals surface area contributed by atoms with Gasteiger partial charge in [0, 0.05) is 31.1 Å². The lowest BCUT2D eigenvalue weighted by atomic mass is 9.81. The number of fused-ring (bicyclic) bond motifs is 2. The topological polar surface area (TPSA) is 60.8 Å². The number of carbonyl (C=O) groups is 1. The Labute approximate surface area is 162 Å². The first kappa shape index (κ1) is 19.0. The molecule has 0 aliphatic carbocycles. The molecule has 2 aromatic carbocycles. The van der Waals surface area contributed by atoms with Gasteiger partial charge in [0.1, 0.15) is 11.6 Å². The molecular weight excluding hydrogens is 364 g/mol. The van der Waals surface area contributed by atoms with E-state index in [1.165, 1.54) is 12.1 Å². The molecule has 2 aliphatic rings. The first-order chi connectivity index (χ1) is 13.3. The summed E-state index contributed by atoms with van der Waals surface area (Å²) in [4.78, 5) is 13.4. The number of carboxylic acid groups (broad SMARTS) is 1. The second-order valence-electron chi connectivity index (χ2n) is 8.10. The Morgan fingerprint density at radius 1 is 1.07 bits per heavy atom. The maximum absolute atomic E-state index is 14.0. The number of nitrogens with zero attached hydrogens (tertiary/aromatic N) is 1. The van der Waals surface area contributed by atoms with Crippen LogP contribution in [-0.4, -0.2) is 38.8 Å². The zero-order valence-corrected chi connectivity index (χ0v) is 15.4. The molecule has 0 saturated carbocycles. The fourth-order valence-electron chi connectivity index (χ4n) is 4.80. The molecule has 4 nitrogen and oxygen atoms in total. The number of rotatable bonds is 5. The molecule has 2 aliphatic heterocycles. The van der Waals surface area contributed by atoms with Crippen LogP contribution in [0.2, 0.25) is 0 Å². The molecule has 0 amide bonds.